The first-order chi connectivity index (χ1) is 11.1. The van der Waals surface area contributed by atoms with Crippen LogP contribution in [0.1, 0.15) is 11.8 Å². The number of primary sulfonamides is 1. The molecule has 0 amide bonds. The second-order valence-electron chi connectivity index (χ2n) is 5.37. The minimum atomic E-state index is -3.98. The number of nitrogens with two attached hydrogens (primary N) is 1. The molecule has 8 nitrogen and oxygen atoms in total. The Morgan fingerprint density at radius 1 is 1.12 bits per heavy atom. The maximum Gasteiger partial charge on any atom is 0.240 e. The number of nitrogens with zero attached hydrogens (tertiary/aromatic N) is 1. The lowest BCUT2D eigenvalue weighted by Gasteiger charge is -2.22. The van der Waals surface area contributed by atoms with E-state index in [0.717, 1.165) is 6.07 Å². The van der Waals surface area contributed by atoms with Crippen molar-refractivity contribution in [1.82, 2.24) is 9.62 Å². The molecule has 10 heteroatoms. The van der Waals surface area contributed by atoms with Gasteiger partial charge in [-0.2, -0.15) is 0 Å². The smallest absolute Gasteiger partial charge is 0.240 e. The molecule has 0 saturated carbocycles. The summed E-state index contributed by atoms with van der Waals surface area (Å²) < 4.78 is 55.3. The van der Waals surface area contributed by atoms with Crippen LogP contribution in [-0.4, -0.2) is 42.4 Å². The molecule has 1 heterocycles. The van der Waals surface area contributed by atoms with Gasteiger partial charge in [0.2, 0.25) is 20.0 Å². The summed E-state index contributed by atoms with van der Waals surface area (Å²) in [6.45, 7) is 0.0580. The molecule has 3 N–H and O–H groups in total. The molecular formula is C14H19N3O5S2. The molecule has 0 aliphatic carbocycles. The van der Waals surface area contributed by atoms with Crippen LogP contribution in [0.2, 0.25) is 0 Å². The van der Waals surface area contributed by atoms with E-state index in [1.165, 1.54) is 24.5 Å². The van der Waals surface area contributed by atoms with Gasteiger partial charge in [0.1, 0.15) is 5.76 Å². The Morgan fingerprint density at radius 3 is 2.33 bits per heavy atom. The molecular weight excluding hydrogens is 354 g/mol. The summed E-state index contributed by atoms with van der Waals surface area (Å²) in [5.74, 6) is 0.612. The van der Waals surface area contributed by atoms with Gasteiger partial charge in [-0.25, -0.2) is 26.7 Å². The zero-order valence-electron chi connectivity index (χ0n) is 13.2. The molecule has 2 aromatic rings. The molecule has 1 aromatic heterocycles. The maximum absolute atomic E-state index is 12.4. The van der Waals surface area contributed by atoms with Crippen molar-refractivity contribution in [3.63, 3.8) is 0 Å². The first kappa shape index (κ1) is 18.6. The first-order valence-electron chi connectivity index (χ1n) is 6.93. The van der Waals surface area contributed by atoms with Gasteiger partial charge in [-0.15, -0.1) is 0 Å². The maximum atomic E-state index is 12.4. The van der Waals surface area contributed by atoms with Crippen LogP contribution in [0, 0.1) is 0 Å². The number of hydrogen-bond acceptors (Lipinski definition) is 6. The fraction of sp³-hybridized carbons (Fsp3) is 0.286. The SMILES string of the molecule is CN(C)C(CNS(=O)(=O)c1cccc(S(N)(=O)=O)c1)c1ccco1. The summed E-state index contributed by atoms with van der Waals surface area (Å²) in [5.41, 5.74) is 0. The Kier molecular flexibility index (Phi) is 5.45. The van der Waals surface area contributed by atoms with Crippen LogP contribution < -0.4 is 9.86 Å². The van der Waals surface area contributed by atoms with Gasteiger partial charge < -0.3 is 4.42 Å². The molecule has 1 aromatic carbocycles. The van der Waals surface area contributed by atoms with Gasteiger partial charge in [0.15, 0.2) is 0 Å². The lowest BCUT2D eigenvalue weighted by molar-refractivity contribution is 0.259. The van der Waals surface area contributed by atoms with Crippen molar-refractivity contribution in [2.45, 2.75) is 15.8 Å². The largest absolute Gasteiger partial charge is 0.468 e. The Bertz CT molecular complexity index is 890. The number of nitrogens with one attached hydrogen (secondary N) is 1. The molecule has 0 bridgehead atoms. The highest BCUT2D eigenvalue weighted by Gasteiger charge is 2.22. The summed E-state index contributed by atoms with van der Waals surface area (Å²) in [6, 6.07) is 8.04. The molecule has 2 rings (SSSR count). The summed E-state index contributed by atoms with van der Waals surface area (Å²) in [6.07, 6.45) is 1.51. The van der Waals surface area contributed by atoms with E-state index < -0.39 is 20.0 Å². The van der Waals surface area contributed by atoms with Crippen LogP contribution in [-0.2, 0) is 20.0 Å². The average Bonchev–Trinajstić information content (AvgIpc) is 3.00. The van der Waals surface area contributed by atoms with Crippen LogP contribution in [0.15, 0.2) is 56.9 Å². The molecule has 0 radical (unpaired) electrons. The minimum absolute atomic E-state index is 0.0580. The number of sulfonamides is 2. The molecule has 0 spiro atoms. The van der Waals surface area contributed by atoms with Gasteiger partial charge in [0, 0.05) is 6.54 Å². The van der Waals surface area contributed by atoms with Crippen molar-refractivity contribution in [1.29, 1.82) is 0 Å². The highest BCUT2D eigenvalue weighted by Crippen LogP contribution is 2.19. The lowest BCUT2D eigenvalue weighted by atomic mass is 10.2. The molecule has 0 saturated heterocycles. The number of hydrogen-bond donors (Lipinski definition) is 2. The Balaban J connectivity index is 2.22. The van der Waals surface area contributed by atoms with E-state index in [-0.39, 0.29) is 22.4 Å². The highest BCUT2D eigenvalue weighted by molar-refractivity contribution is 7.90. The first-order valence-corrected chi connectivity index (χ1v) is 9.96. The number of furan rings is 1. The van der Waals surface area contributed by atoms with Gasteiger partial charge in [-0.3, -0.25) is 4.90 Å². The summed E-state index contributed by atoms with van der Waals surface area (Å²) in [7, 11) is -4.29. The highest BCUT2D eigenvalue weighted by atomic mass is 32.2. The zero-order valence-corrected chi connectivity index (χ0v) is 14.8. The predicted octanol–water partition coefficient (Wildman–Crippen LogP) is 0.508. The Hall–Kier alpha value is -1.72. The third-order valence-corrected chi connectivity index (χ3v) is 5.74. The van der Waals surface area contributed by atoms with Gasteiger partial charge in [-0.1, -0.05) is 6.07 Å². The average molecular weight is 373 g/mol. The number of benzene rings is 1. The van der Waals surface area contributed by atoms with E-state index in [0.29, 0.717) is 5.76 Å². The van der Waals surface area contributed by atoms with Crippen LogP contribution in [0.4, 0.5) is 0 Å². The van der Waals surface area contributed by atoms with Crippen LogP contribution in [0.25, 0.3) is 0 Å². The molecule has 1 unspecified atom stereocenters. The number of likely N-dealkylation sites (N-methyl/N-ethyl adjacent to an activating group) is 1. The molecule has 24 heavy (non-hydrogen) atoms. The minimum Gasteiger partial charge on any atom is -0.468 e. The molecule has 132 valence electrons. The fourth-order valence-corrected chi connectivity index (χ4v) is 3.83. The summed E-state index contributed by atoms with van der Waals surface area (Å²) in [4.78, 5) is 1.37. The van der Waals surface area contributed by atoms with E-state index in [9.17, 15) is 16.8 Å². The second-order valence-corrected chi connectivity index (χ2v) is 8.69. The van der Waals surface area contributed by atoms with Crippen molar-refractivity contribution in [2.75, 3.05) is 20.6 Å². The monoisotopic (exact) mass is 373 g/mol. The standard InChI is InChI=1S/C14H19N3O5S2/c1-17(2)13(14-7-4-8-22-14)10-16-24(20,21)12-6-3-5-11(9-12)23(15,18)19/h3-9,13,16H,10H2,1-2H3,(H2,15,18,19). The van der Waals surface area contributed by atoms with Crippen molar-refractivity contribution >= 4 is 20.0 Å². The van der Waals surface area contributed by atoms with E-state index in [4.69, 9.17) is 9.56 Å². The zero-order chi connectivity index (χ0) is 18.0. The Labute approximate surface area is 141 Å². The van der Waals surface area contributed by atoms with Crippen molar-refractivity contribution < 1.29 is 21.3 Å². The summed E-state index contributed by atoms with van der Waals surface area (Å²) >= 11 is 0. The molecule has 0 aliphatic heterocycles. The predicted molar refractivity (Wildman–Crippen MR) is 88.1 cm³/mol. The normalized spacial score (nSPS) is 14.0. The quantitative estimate of drug-likeness (QED) is 0.729. The van der Waals surface area contributed by atoms with E-state index in [1.807, 2.05) is 4.90 Å². The third-order valence-electron chi connectivity index (χ3n) is 3.41. The lowest BCUT2D eigenvalue weighted by Crippen LogP contribution is -2.34. The number of rotatable bonds is 7. The van der Waals surface area contributed by atoms with E-state index in [2.05, 4.69) is 4.72 Å². The second kappa shape index (κ2) is 7.03. The van der Waals surface area contributed by atoms with E-state index in [1.54, 1.807) is 26.2 Å². The van der Waals surface area contributed by atoms with Crippen molar-refractivity contribution in [3.05, 3.63) is 48.4 Å². The topological polar surface area (TPSA) is 123 Å². The van der Waals surface area contributed by atoms with Gasteiger partial charge in [0.05, 0.1) is 22.1 Å². The van der Waals surface area contributed by atoms with Crippen LogP contribution >= 0.6 is 0 Å². The van der Waals surface area contributed by atoms with Gasteiger partial charge in [-0.05, 0) is 44.4 Å². The van der Waals surface area contributed by atoms with Crippen LogP contribution in [0.5, 0.6) is 0 Å². The van der Waals surface area contributed by atoms with Gasteiger partial charge in [0.25, 0.3) is 0 Å². The van der Waals surface area contributed by atoms with Crippen molar-refractivity contribution in [2.24, 2.45) is 5.14 Å². The molecule has 1 atom stereocenters. The third kappa shape index (κ3) is 4.42. The molecule has 0 aliphatic rings. The summed E-state index contributed by atoms with van der Waals surface area (Å²) in [5, 5.41) is 5.03. The Morgan fingerprint density at radius 2 is 1.79 bits per heavy atom. The fourth-order valence-electron chi connectivity index (χ4n) is 2.11. The van der Waals surface area contributed by atoms with E-state index >= 15 is 0 Å². The molecule has 0 fully saturated rings. The van der Waals surface area contributed by atoms with Crippen LogP contribution in [0.3, 0.4) is 0 Å². The van der Waals surface area contributed by atoms with Gasteiger partial charge >= 0.3 is 0 Å². The van der Waals surface area contributed by atoms with Crippen molar-refractivity contribution in [3.8, 4) is 0 Å².